The molecule has 2 heterocycles. The normalized spacial score (nSPS) is 16.8. The number of hydrogen-bond acceptors (Lipinski definition) is 4. The van der Waals surface area contributed by atoms with Gasteiger partial charge in [-0.3, -0.25) is 4.79 Å². The van der Waals surface area contributed by atoms with Crippen LogP contribution in [0.1, 0.15) is 40.6 Å². The van der Waals surface area contributed by atoms with Crippen LogP contribution in [0.25, 0.3) is 0 Å². The molecule has 1 amide bonds. The van der Waals surface area contributed by atoms with E-state index in [1.54, 1.807) is 24.3 Å². The molecule has 150 valence electrons. The van der Waals surface area contributed by atoms with Crippen molar-refractivity contribution in [2.45, 2.75) is 30.3 Å². The average molecular weight is 410 g/mol. The van der Waals surface area contributed by atoms with Crippen LogP contribution in [-0.4, -0.2) is 25.8 Å². The lowest BCUT2D eigenvalue weighted by atomic mass is 10.0. The molecule has 29 heavy (non-hydrogen) atoms. The zero-order valence-corrected chi connectivity index (χ0v) is 16.6. The SMILES string of the molecule is O=C(c1ccc(S(=O)(=O)NCc2ccco2)cc1)N1CCC[C@H]1c1ccccc1. The van der Waals surface area contributed by atoms with Gasteiger partial charge in [-0.1, -0.05) is 30.3 Å². The second-order valence-corrected chi connectivity index (χ2v) is 8.76. The lowest BCUT2D eigenvalue weighted by molar-refractivity contribution is 0.0735. The van der Waals surface area contributed by atoms with Gasteiger partial charge in [-0.05, 0) is 54.8 Å². The third-order valence-corrected chi connectivity index (χ3v) is 6.54. The number of furan rings is 1. The van der Waals surface area contributed by atoms with Gasteiger partial charge in [-0.2, -0.15) is 0 Å². The minimum absolute atomic E-state index is 0.0575. The quantitative estimate of drug-likeness (QED) is 0.671. The molecule has 1 atom stereocenters. The lowest BCUT2D eigenvalue weighted by Gasteiger charge is -2.25. The zero-order valence-electron chi connectivity index (χ0n) is 15.8. The Morgan fingerprint density at radius 3 is 2.48 bits per heavy atom. The molecule has 1 fully saturated rings. The van der Waals surface area contributed by atoms with E-state index in [0.29, 0.717) is 17.9 Å². The van der Waals surface area contributed by atoms with Gasteiger partial charge >= 0.3 is 0 Å². The van der Waals surface area contributed by atoms with E-state index < -0.39 is 10.0 Å². The van der Waals surface area contributed by atoms with Crippen molar-refractivity contribution < 1.29 is 17.6 Å². The summed E-state index contributed by atoms with van der Waals surface area (Å²) in [5, 5.41) is 0. The van der Waals surface area contributed by atoms with Crippen molar-refractivity contribution in [3.8, 4) is 0 Å². The van der Waals surface area contributed by atoms with Crippen LogP contribution in [0.4, 0.5) is 0 Å². The molecule has 4 rings (SSSR count). The van der Waals surface area contributed by atoms with E-state index in [1.165, 1.54) is 18.4 Å². The van der Waals surface area contributed by atoms with E-state index in [0.717, 1.165) is 18.4 Å². The molecule has 1 aliphatic heterocycles. The molecule has 1 aliphatic rings. The van der Waals surface area contributed by atoms with Crippen LogP contribution in [0.3, 0.4) is 0 Å². The third kappa shape index (κ3) is 4.26. The van der Waals surface area contributed by atoms with Crippen molar-refractivity contribution >= 4 is 15.9 Å². The predicted molar refractivity (Wildman–Crippen MR) is 109 cm³/mol. The molecular weight excluding hydrogens is 388 g/mol. The third-order valence-electron chi connectivity index (χ3n) is 5.13. The monoisotopic (exact) mass is 410 g/mol. The maximum absolute atomic E-state index is 13.0. The summed E-state index contributed by atoms with van der Waals surface area (Å²) in [4.78, 5) is 15.0. The first-order chi connectivity index (χ1) is 14.0. The smallest absolute Gasteiger partial charge is 0.254 e. The molecule has 0 saturated carbocycles. The van der Waals surface area contributed by atoms with E-state index in [1.807, 2.05) is 35.2 Å². The summed E-state index contributed by atoms with van der Waals surface area (Å²) in [5.74, 6) is 0.449. The highest BCUT2D eigenvalue weighted by atomic mass is 32.2. The molecule has 0 spiro atoms. The van der Waals surface area contributed by atoms with Gasteiger partial charge in [-0.25, -0.2) is 13.1 Å². The van der Waals surface area contributed by atoms with Crippen molar-refractivity contribution in [3.63, 3.8) is 0 Å². The Bertz CT molecular complexity index is 1060. The number of hydrogen-bond donors (Lipinski definition) is 1. The van der Waals surface area contributed by atoms with Gasteiger partial charge in [0, 0.05) is 12.1 Å². The van der Waals surface area contributed by atoms with E-state index in [-0.39, 0.29) is 23.4 Å². The molecule has 1 saturated heterocycles. The summed E-state index contributed by atoms with van der Waals surface area (Å²) in [5.41, 5.74) is 1.61. The average Bonchev–Trinajstić information content (AvgIpc) is 3.45. The van der Waals surface area contributed by atoms with E-state index >= 15 is 0 Å². The predicted octanol–water partition coefficient (Wildman–Crippen LogP) is 3.74. The van der Waals surface area contributed by atoms with Crippen LogP contribution in [0.5, 0.6) is 0 Å². The van der Waals surface area contributed by atoms with Crippen molar-refractivity contribution in [1.29, 1.82) is 0 Å². The van der Waals surface area contributed by atoms with Crippen LogP contribution in [-0.2, 0) is 16.6 Å². The van der Waals surface area contributed by atoms with E-state index in [4.69, 9.17) is 4.42 Å². The largest absolute Gasteiger partial charge is 0.468 e. The summed E-state index contributed by atoms with van der Waals surface area (Å²) in [6.07, 6.45) is 3.37. The topological polar surface area (TPSA) is 79.6 Å². The first-order valence-corrected chi connectivity index (χ1v) is 11.0. The first-order valence-electron chi connectivity index (χ1n) is 9.52. The number of amides is 1. The van der Waals surface area contributed by atoms with Gasteiger partial charge < -0.3 is 9.32 Å². The number of nitrogens with one attached hydrogen (secondary N) is 1. The Kier molecular flexibility index (Phi) is 5.51. The minimum atomic E-state index is -3.69. The lowest BCUT2D eigenvalue weighted by Crippen LogP contribution is -2.30. The Morgan fingerprint density at radius 2 is 1.79 bits per heavy atom. The minimum Gasteiger partial charge on any atom is -0.468 e. The summed E-state index contributed by atoms with van der Waals surface area (Å²) >= 11 is 0. The fourth-order valence-electron chi connectivity index (χ4n) is 3.64. The Balaban J connectivity index is 1.47. The Labute approximate surface area is 170 Å². The number of benzene rings is 2. The number of carbonyl (C=O) groups is 1. The molecule has 6 nitrogen and oxygen atoms in total. The van der Waals surface area contributed by atoms with Gasteiger partial charge in [0.2, 0.25) is 10.0 Å². The molecule has 0 aliphatic carbocycles. The van der Waals surface area contributed by atoms with Crippen molar-refractivity contribution in [3.05, 3.63) is 89.9 Å². The highest BCUT2D eigenvalue weighted by Crippen LogP contribution is 2.33. The van der Waals surface area contributed by atoms with Crippen LogP contribution < -0.4 is 4.72 Å². The number of nitrogens with zero attached hydrogens (tertiary/aromatic N) is 1. The highest BCUT2D eigenvalue weighted by Gasteiger charge is 2.30. The number of carbonyl (C=O) groups excluding carboxylic acids is 1. The second kappa shape index (κ2) is 8.23. The summed E-state index contributed by atoms with van der Waals surface area (Å²) < 4.78 is 32.5. The summed E-state index contributed by atoms with van der Waals surface area (Å²) in [6, 6.07) is 19.5. The van der Waals surface area contributed by atoms with Gasteiger partial charge in [0.15, 0.2) is 0 Å². The zero-order chi connectivity index (χ0) is 20.3. The van der Waals surface area contributed by atoms with E-state index in [9.17, 15) is 13.2 Å². The maximum atomic E-state index is 13.0. The van der Waals surface area contributed by atoms with Crippen LogP contribution in [0.15, 0.2) is 82.3 Å². The second-order valence-electron chi connectivity index (χ2n) is 7.00. The molecule has 1 N–H and O–H groups in total. The molecule has 0 unspecified atom stereocenters. The maximum Gasteiger partial charge on any atom is 0.254 e. The van der Waals surface area contributed by atoms with Gasteiger partial charge in [0.05, 0.1) is 23.7 Å². The first kappa shape index (κ1) is 19.4. The molecule has 0 bridgehead atoms. The Hall–Kier alpha value is -2.90. The molecule has 3 aromatic rings. The number of likely N-dealkylation sites (tertiary alicyclic amines) is 1. The van der Waals surface area contributed by atoms with Crippen molar-refractivity contribution in [1.82, 2.24) is 9.62 Å². The van der Waals surface area contributed by atoms with Crippen LogP contribution in [0.2, 0.25) is 0 Å². The molecular formula is C22H22N2O4S. The van der Waals surface area contributed by atoms with Crippen molar-refractivity contribution in [2.24, 2.45) is 0 Å². The standard InChI is InChI=1S/C22H22N2O4S/c25-22(24-14-4-9-21(24)17-6-2-1-3-7-17)18-10-12-20(13-11-18)29(26,27)23-16-19-8-5-15-28-19/h1-3,5-8,10-13,15,21,23H,4,9,14,16H2/t21-/m0/s1. The fourth-order valence-corrected chi connectivity index (χ4v) is 4.63. The molecule has 1 aromatic heterocycles. The van der Waals surface area contributed by atoms with Gasteiger partial charge in [-0.15, -0.1) is 0 Å². The molecule has 7 heteroatoms. The van der Waals surface area contributed by atoms with Gasteiger partial charge in [0.25, 0.3) is 5.91 Å². The van der Waals surface area contributed by atoms with E-state index in [2.05, 4.69) is 4.72 Å². The van der Waals surface area contributed by atoms with Crippen molar-refractivity contribution in [2.75, 3.05) is 6.54 Å². The molecule has 2 aromatic carbocycles. The summed E-state index contributed by atoms with van der Waals surface area (Å²) in [6.45, 7) is 0.770. The molecule has 0 radical (unpaired) electrons. The highest BCUT2D eigenvalue weighted by molar-refractivity contribution is 7.89. The van der Waals surface area contributed by atoms with Gasteiger partial charge in [0.1, 0.15) is 5.76 Å². The summed E-state index contributed by atoms with van der Waals surface area (Å²) in [7, 11) is -3.69. The number of rotatable bonds is 6. The fraction of sp³-hybridized carbons (Fsp3) is 0.227. The Morgan fingerprint density at radius 1 is 1.03 bits per heavy atom. The van der Waals surface area contributed by atoms with Crippen LogP contribution >= 0.6 is 0 Å². The van der Waals surface area contributed by atoms with Crippen LogP contribution in [0, 0.1) is 0 Å². The number of sulfonamides is 1.